The third-order valence-corrected chi connectivity index (χ3v) is 2.99. The molecule has 2 amide bonds. The molecule has 94 valence electrons. The molecule has 3 N–H and O–H groups in total. The summed E-state index contributed by atoms with van der Waals surface area (Å²) in [5.74, 6) is 0. The molecular weight excluding hydrogens is 236 g/mol. The van der Waals surface area contributed by atoms with E-state index in [1.54, 1.807) is 11.8 Å². The van der Waals surface area contributed by atoms with Crippen LogP contribution in [0.25, 0.3) is 0 Å². The average molecular weight is 254 g/mol. The zero-order chi connectivity index (χ0) is 12.7. The van der Waals surface area contributed by atoms with E-state index in [0.29, 0.717) is 6.42 Å². The van der Waals surface area contributed by atoms with Gasteiger partial charge in [-0.3, -0.25) is 0 Å². The SMILES string of the molecule is CSc1cccc(NC(=O)N[C@H](C)CCO)c1. The number of hydrogen-bond donors (Lipinski definition) is 3. The minimum absolute atomic E-state index is 0.0382. The second-order valence-electron chi connectivity index (χ2n) is 3.74. The third-order valence-electron chi connectivity index (χ3n) is 2.27. The zero-order valence-corrected chi connectivity index (χ0v) is 10.9. The Hall–Kier alpha value is -1.20. The number of aliphatic hydroxyl groups is 1. The van der Waals surface area contributed by atoms with Gasteiger partial charge < -0.3 is 15.7 Å². The average Bonchev–Trinajstić information content (AvgIpc) is 2.29. The first kappa shape index (κ1) is 13.9. The Balaban J connectivity index is 2.49. The summed E-state index contributed by atoms with van der Waals surface area (Å²) >= 11 is 1.63. The normalized spacial score (nSPS) is 11.9. The molecule has 0 aromatic heterocycles. The maximum absolute atomic E-state index is 11.6. The van der Waals surface area contributed by atoms with Crippen LogP contribution in [0.15, 0.2) is 29.2 Å². The van der Waals surface area contributed by atoms with Gasteiger partial charge in [-0.05, 0) is 37.8 Å². The lowest BCUT2D eigenvalue weighted by molar-refractivity contribution is 0.241. The van der Waals surface area contributed by atoms with Crippen molar-refractivity contribution in [3.8, 4) is 0 Å². The van der Waals surface area contributed by atoms with Crippen molar-refractivity contribution in [2.24, 2.45) is 0 Å². The second kappa shape index (κ2) is 7.19. The fourth-order valence-electron chi connectivity index (χ4n) is 1.36. The fourth-order valence-corrected chi connectivity index (χ4v) is 1.82. The molecule has 0 unspecified atom stereocenters. The number of hydrogen-bond acceptors (Lipinski definition) is 3. The minimum Gasteiger partial charge on any atom is -0.396 e. The van der Waals surface area contributed by atoms with Crippen molar-refractivity contribution in [2.45, 2.75) is 24.3 Å². The maximum Gasteiger partial charge on any atom is 0.319 e. The predicted octanol–water partition coefficient (Wildman–Crippen LogP) is 2.30. The molecule has 4 nitrogen and oxygen atoms in total. The summed E-state index contributed by atoms with van der Waals surface area (Å²) < 4.78 is 0. The van der Waals surface area contributed by atoms with Gasteiger partial charge in [-0.1, -0.05) is 6.07 Å². The highest BCUT2D eigenvalue weighted by molar-refractivity contribution is 7.98. The molecule has 0 aliphatic carbocycles. The molecule has 1 aromatic rings. The zero-order valence-electron chi connectivity index (χ0n) is 10.1. The summed E-state index contributed by atoms with van der Waals surface area (Å²) in [5, 5.41) is 14.2. The molecule has 1 aromatic carbocycles. The number of benzene rings is 1. The van der Waals surface area contributed by atoms with Gasteiger partial charge in [0, 0.05) is 23.2 Å². The lowest BCUT2D eigenvalue weighted by Crippen LogP contribution is -2.36. The van der Waals surface area contributed by atoms with Crippen molar-refractivity contribution in [2.75, 3.05) is 18.2 Å². The number of carbonyl (C=O) groups is 1. The number of anilines is 1. The van der Waals surface area contributed by atoms with E-state index in [-0.39, 0.29) is 18.7 Å². The number of rotatable bonds is 5. The Morgan fingerprint density at radius 2 is 2.29 bits per heavy atom. The van der Waals surface area contributed by atoms with E-state index in [9.17, 15) is 4.79 Å². The number of nitrogens with one attached hydrogen (secondary N) is 2. The lowest BCUT2D eigenvalue weighted by Gasteiger charge is -2.13. The highest BCUT2D eigenvalue weighted by Gasteiger charge is 2.06. The molecule has 0 bridgehead atoms. The van der Waals surface area contributed by atoms with Crippen molar-refractivity contribution in [1.82, 2.24) is 5.32 Å². The molecule has 0 fully saturated rings. The number of carbonyl (C=O) groups excluding carboxylic acids is 1. The predicted molar refractivity (Wildman–Crippen MR) is 71.5 cm³/mol. The second-order valence-corrected chi connectivity index (χ2v) is 4.62. The summed E-state index contributed by atoms with van der Waals surface area (Å²) in [7, 11) is 0. The molecule has 0 radical (unpaired) electrons. The number of thioether (sulfide) groups is 1. The Kier molecular flexibility index (Phi) is 5.86. The number of amides is 2. The first-order valence-electron chi connectivity index (χ1n) is 5.48. The van der Waals surface area contributed by atoms with Crippen molar-refractivity contribution < 1.29 is 9.90 Å². The lowest BCUT2D eigenvalue weighted by atomic mass is 10.2. The Morgan fingerprint density at radius 3 is 2.94 bits per heavy atom. The van der Waals surface area contributed by atoms with Gasteiger partial charge in [-0.15, -0.1) is 11.8 Å². The van der Waals surface area contributed by atoms with Gasteiger partial charge in [0.05, 0.1) is 0 Å². The van der Waals surface area contributed by atoms with Crippen LogP contribution in [0, 0.1) is 0 Å². The van der Waals surface area contributed by atoms with Crippen molar-refractivity contribution in [3.05, 3.63) is 24.3 Å². The van der Waals surface area contributed by atoms with Crippen LogP contribution in [-0.4, -0.2) is 30.0 Å². The summed E-state index contributed by atoms with van der Waals surface area (Å²) in [6.07, 6.45) is 2.54. The number of aliphatic hydroxyl groups excluding tert-OH is 1. The van der Waals surface area contributed by atoms with E-state index in [1.807, 2.05) is 37.4 Å². The van der Waals surface area contributed by atoms with Crippen LogP contribution in [0.4, 0.5) is 10.5 Å². The van der Waals surface area contributed by atoms with Crippen LogP contribution in [0.3, 0.4) is 0 Å². The molecule has 0 aliphatic rings. The van der Waals surface area contributed by atoms with Gasteiger partial charge in [0.2, 0.25) is 0 Å². The summed E-state index contributed by atoms with van der Waals surface area (Å²) in [5.41, 5.74) is 0.769. The Bertz CT molecular complexity index is 371. The topological polar surface area (TPSA) is 61.4 Å². The van der Waals surface area contributed by atoms with Crippen molar-refractivity contribution >= 4 is 23.5 Å². The smallest absolute Gasteiger partial charge is 0.319 e. The first-order chi connectivity index (χ1) is 8.15. The van der Waals surface area contributed by atoms with E-state index in [4.69, 9.17) is 5.11 Å². The van der Waals surface area contributed by atoms with Crippen LogP contribution in [0.5, 0.6) is 0 Å². The quantitative estimate of drug-likeness (QED) is 0.707. The van der Waals surface area contributed by atoms with Crippen molar-refractivity contribution in [1.29, 1.82) is 0 Å². The molecule has 17 heavy (non-hydrogen) atoms. The van der Waals surface area contributed by atoms with Gasteiger partial charge in [-0.2, -0.15) is 0 Å². The van der Waals surface area contributed by atoms with E-state index in [1.165, 1.54) is 0 Å². The van der Waals surface area contributed by atoms with Crippen LogP contribution in [0.1, 0.15) is 13.3 Å². The van der Waals surface area contributed by atoms with Crippen LogP contribution in [0.2, 0.25) is 0 Å². The maximum atomic E-state index is 11.6. The van der Waals surface area contributed by atoms with E-state index in [2.05, 4.69) is 10.6 Å². The molecule has 0 saturated carbocycles. The molecule has 5 heteroatoms. The molecule has 1 rings (SSSR count). The van der Waals surface area contributed by atoms with Crippen LogP contribution in [-0.2, 0) is 0 Å². The summed E-state index contributed by atoms with van der Waals surface area (Å²) in [6.45, 7) is 1.93. The third kappa shape index (κ3) is 5.10. The highest BCUT2D eigenvalue weighted by Crippen LogP contribution is 2.18. The van der Waals surface area contributed by atoms with Gasteiger partial charge in [0.25, 0.3) is 0 Å². The van der Waals surface area contributed by atoms with Crippen molar-refractivity contribution in [3.63, 3.8) is 0 Å². The number of urea groups is 1. The van der Waals surface area contributed by atoms with E-state index >= 15 is 0 Å². The molecular formula is C12H18N2O2S. The molecule has 0 saturated heterocycles. The molecule has 0 heterocycles. The van der Waals surface area contributed by atoms with Gasteiger partial charge >= 0.3 is 6.03 Å². The molecule has 0 spiro atoms. The van der Waals surface area contributed by atoms with Crippen LogP contribution >= 0.6 is 11.8 Å². The summed E-state index contributed by atoms with van der Waals surface area (Å²) in [6, 6.07) is 7.37. The monoisotopic (exact) mass is 254 g/mol. The standard InChI is InChI=1S/C12H18N2O2S/c1-9(6-7-15)13-12(16)14-10-4-3-5-11(8-10)17-2/h3-5,8-9,15H,6-7H2,1-2H3,(H2,13,14,16)/t9-/m1/s1. The highest BCUT2D eigenvalue weighted by atomic mass is 32.2. The van der Waals surface area contributed by atoms with Gasteiger partial charge in [0.15, 0.2) is 0 Å². The summed E-state index contributed by atoms with van der Waals surface area (Å²) in [4.78, 5) is 12.7. The van der Waals surface area contributed by atoms with Gasteiger partial charge in [0.1, 0.15) is 0 Å². The van der Waals surface area contributed by atoms with E-state index in [0.717, 1.165) is 10.6 Å². The van der Waals surface area contributed by atoms with Gasteiger partial charge in [-0.25, -0.2) is 4.79 Å². The first-order valence-corrected chi connectivity index (χ1v) is 6.70. The van der Waals surface area contributed by atoms with E-state index < -0.39 is 0 Å². The van der Waals surface area contributed by atoms with Crippen LogP contribution < -0.4 is 10.6 Å². The largest absolute Gasteiger partial charge is 0.396 e. The molecule has 0 aliphatic heterocycles. The molecule has 1 atom stereocenters. The minimum atomic E-state index is -0.246. The Labute approximate surface area is 106 Å². The fraction of sp³-hybridized carbons (Fsp3) is 0.417. The Morgan fingerprint density at radius 1 is 1.53 bits per heavy atom.